The third-order valence-corrected chi connectivity index (χ3v) is 7.35. The number of amides is 2. The lowest BCUT2D eigenvalue weighted by atomic mass is 9.96. The number of nitrogens with zero attached hydrogens (tertiary/aromatic N) is 1. The van der Waals surface area contributed by atoms with E-state index in [4.69, 9.17) is 0 Å². The predicted octanol–water partition coefficient (Wildman–Crippen LogP) is -0.264. The quantitative estimate of drug-likeness (QED) is 0.661. The van der Waals surface area contributed by atoms with Gasteiger partial charge in [-0.05, 0) is 26.2 Å². The third kappa shape index (κ3) is 2.60. The first-order chi connectivity index (χ1) is 10.4. The lowest BCUT2D eigenvalue weighted by Crippen LogP contribution is -2.61. The summed E-state index contributed by atoms with van der Waals surface area (Å²) >= 11 is 0. The van der Waals surface area contributed by atoms with Crippen LogP contribution in [0.2, 0.25) is 0 Å². The first-order valence-electron chi connectivity index (χ1n) is 7.49. The molecule has 2 amide bonds. The summed E-state index contributed by atoms with van der Waals surface area (Å²) in [5.74, 6) is -2.28. The van der Waals surface area contributed by atoms with Gasteiger partial charge in [0, 0.05) is 0 Å². The molecule has 2 aliphatic heterocycles. The minimum atomic E-state index is -3.67. The van der Waals surface area contributed by atoms with Crippen molar-refractivity contribution in [3.63, 3.8) is 0 Å². The summed E-state index contributed by atoms with van der Waals surface area (Å²) in [7, 11) is -3.67. The van der Waals surface area contributed by atoms with Crippen LogP contribution >= 0.6 is 0 Å². The number of carbonyl (C=O) groups is 3. The molecule has 0 saturated carbocycles. The molecule has 0 spiro atoms. The number of sulfone groups is 1. The molecule has 0 aromatic rings. The van der Waals surface area contributed by atoms with Crippen molar-refractivity contribution in [3.05, 3.63) is 0 Å². The smallest absolute Gasteiger partial charge is 0.326 e. The summed E-state index contributed by atoms with van der Waals surface area (Å²) in [6, 6.07) is -2.32. The van der Waals surface area contributed by atoms with Gasteiger partial charge in [0.2, 0.25) is 11.8 Å². The Morgan fingerprint density at radius 2 is 1.96 bits per heavy atom. The molecule has 0 aromatic heterocycles. The van der Waals surface area contributed by atoms with Crippen molar-refractivity contribution in [1.29, 1.82) is 0 Å². The van der Waals surface area contributed by atoms with Gasteiger partial charge in [-0.3, -0.25) is 9.59 Å². The van der Waals surface area contributed by atoms with Gasteiger partial charge in [0.05, 0.1) is 11.2 Å². The Morgan fingerprint density at radius 3 is 2.39 bits per heavy atom. The molecule has 8 nitrogen and oxygen atoms in total. The van der Waals surface area contributed by atoms with Crippen molar-refractivity contribution in [3.8, 4) is 0 Å². The van der Waals surface area contributed by atoms with Gasteiger partial charge in [0.25, 0.3) is 0 Å². The summed E-state index contributed by atoms with van der Waals surface area (Å²) in [6.45, 7) is 6.44. The van der Waals surface area contributed by atoms with Crippen molar-refractivity contribution in [2.75, 3.05) is 0 Å². The van der Waals surface area contributed by atoms with Crippen molar-refractivity contribution >= 4 is 27.6 Å². The number of rotatable bonds is 5. The molecule has 3 atom stereocenters. The van der Waals surface area contributed by atoms with Crippen LogP contribution in [-0.2, 0) is 24.2 Å². The number of carboxylic acid groups (broad SMARTS) is 1. The Balaban J connectivity index is 2.27. The van der Waals surface area contributed by atoms with E-state index in [1.165, 1.54) is 13.8 Å². The van der Waals surface area contributed by atoms with Crippen LogP contribution < -0.4 is 5.32 Å². The monoisotopic (exact) mass is 346 g/mol. The molecule has 2 heterocycles. The highest BCUT2D eigenvalue weighted by Gasteiger charge is 2.67. The molecule has 0 unspecified atom stereocenters. The van der Waals surface area contributed by atoms with Gasteiger partial charge in [0.1, 0.15) is 17.5 Å². The summed E-state index contributed by atoms with van der Waals surface area (Å²) in [5, 5.41) is 10.6. The van der Waals surface area contributed by atoms with E-state index in [2.05, 4.69) is 5.32 Å². The summed E-state index contributed by atoms with van der Waals surface area (Å²) < 4.78 is 23.4. The number of fused-ring (bicyclic) bond motifs is 1. The van der Waals surface area contributed by atoms with E-state index in [1.54, 1.807) is 0 Å². The normalized spacial score (nSPS) is 28.9. The number of carbonyl (C=O) groups excluding carboxylic acids is 2. The lowest BCUT2D eigenvalue weighted by molar-refractivity contribution is -0.151. The van der Waals surface area contributed by atoms with Crippen molar-refractivity contribution in [2.45, 2.75) is 62.7 Å². The summed E-state index contributed by atoms with van der Waals surface area (Å²) in [6.07, 6.45) is 0.0994. The number of β-lactam (4-membered cyclic amide) rings is 1. The zero-order valence-electron chi connectivity index (χ0n) is 13.6. The van der Waals surface area contributed by atoms with Crippen molar-refractivity contribution in [2.24, 2.45) is 5.92 Å². The fourth-order valence-electron chi connectivity index (χ4n) is 3.20. The van der Waals surface area contributed by atoms with E-state index in [9.17, 15) is 27.9 Å². The van der Waals surface area contributed by atoms with Gasteiger partial charge in [-0.15, -0.1) is 0 Å². The highest BCUT2D eigenvalue weighted by atomic mass is 32.2. The molecule has 130 valence electrons. The highest BCUT2D eigenvalue weighted by molar-refractivity contribution is 7.93. The fourth-order valence-corrected chi connectivity index (χ4v) is 5.33. The highest BCUT2D eigenvalue weighted by Crippen LogP contribution is 2.45. The van der Waals surface area contributed by atoms with Gasteiger partial charge in [-0.1, -0.05) is 13.8 Å². The molecule has 0 aliphatic carbocycles. The Hall–Kier alpha value is -1.64. The second kappa shape index (κ2) is 5.47. The topological polar surface area (TPSA) is 121 Å². The number of nitrogens with one attached hydrogen (secondary N) is 1. The van der Waals surface area contributed by atoms with E-state index >= 15 is 0 Å². The molecule has 0 bridgehead atoms. The molecule has 9 heteroatoms. The molecule has 2 N–H and O–H groups in total. The number of hydrogen-bond donors (Lipinski definition) is 2. The zero-order chi connectivity index (χ0) is 17.7. The third-order valence-electron chi connectivity index (χ3n) is 4.55. The first-order valence-corrected chi connectivity index (χ1v) is 9.03. The minimum Gasteiger partial charge on any atom is -0.480 e. The lowest BCUT2D eigenvalue weighted by Gasteiger charge is -2.37. The van der Waals surface area contributed by atoms with E-state index in [1.807, 2.05) is 13.8 Å². The molecule has 2 rings (SSSR count). The Labute approximate surface area is 135 Å². The van der Waals surface area contributed by atoms with Crippen LogP contribution in [0.5, 0.6) is 0 Å². The number of hydrogen-bond acceptors (Lipinski definition) is 5. The summed E-state index contributed by atoms with van der Waals surface area (Å²) in [4.78, 5) is 36.7. The van der Waals surface area contributed by atoms with Gasteiger partial charge < -0.3 is 15.3 Å². The zero-order valence-corrected chi connectivity index (χ0v) is 14.4. The first kappa shape index (κ1) is 17.7. The fraction of sp³-hybridized carbons (Fsp3) is 0.786. The van der Waals surface area contributed by atoms with Crippen LogP contribution in [0.4, 0.5) is 0 Å². The standard InChI is InChI=1S/C14H22N2O6S/c1-7(2)5-8(13(19)20)15-12(18)11-14(3,4)23(21,22)10-6-9(17)16(10)11/h7-8,10-11H,5-6H2,1-4H3,(H,15,18)(H,19,20)/t8-,10+,11-/m0/s1. The van der Waals surface area contributed by atoms with Gasteiger partial charge in [-0.2, -0.15) is 0 Å². The van der Waals surface area contributed by atoms with Crippen LogP contribution in [0.15, 0.2) is 0 Å². The molecule has 0 aromatic carbocycles. The van der Waals surface area contributed by atoms with Crippen LogP contribution in [0.3, 0.4) is 0 Å². The maximum Gasteiger partial charge on any atom is 0.326 e. The minimum absolute atomic E-state index is 0.0371. The summed E-state index contributed by atoms with van der Waals surface area (Å²) in [5.41, 5.74) is 0. The van der Waals surface area contributed by atoms with Crippen LogP contribution in [0, 0.1) is 5.92 Å². The second-order valence-corrected chi connectivity index (χ2v) is 9.73. The van der Waals surface area contributed by atoms with Gasteiger partial charge >= 0.3 is 5.97 Å². The predicted molar refractivity (Wildman–Crippen MR) is 81.1 cm³/mol. The van der Waals surface area contributed by atoms with E-state index in [-0.39, 0.29) is 18.8 Å². The van der Waals surface area contributed by atoms with Crippen molar-refractivity contribution < 1.29 is 27.9 Å². The Morgan fingerprint density at radius 1 is 1.39 bits per heavy atom. The average Bonchev–Trinajstić information content (AvgIpc) is 2.51. The maximum absolute atomic E-state index is 12.5. The molecule has 0 radical (unpaired) electrons. The molecule has 23 heavy (non-hydrogen) atoms. The van der Waals surface area contributed by atoms with Gasteiger partial charge in [0.15, 0.2) is 9.84 Å². The largest absolute Gasteiger partial charge is 0.480 e. The number of carboxylic acids is 1. The molecular weight excluding hydrogens is 324 g/mol. The molecule has 2 saturated heterocycles. The van der Waals surface area contributed by atoms with E-state index in [0.29, 0.717) is 0 Å². The molecule has 2 fully saturated rings. The average molecular weight is 346 g/mol. The molecular formula is C14H22N2O6S. The van der Waals surface area contributed by atoms with Crippen molar-refractivity contribution in [1.82, 2.24) is 10.2 Å². The number of aliphatic carboxylic acids is 1. The Kier molecular flexibility index (Phi) is 4.21. The second-order valence-electron chi connectivity index (χ2n) is 7.04. The van der Waals surface area contributed by atoms with Gasteiger partial charge in [-0.25, -0.2) is 13.2 Å². The Bertz CT molecular complexity index is 654. The molecule has 2 aliphatic rings. The van der Waals surface area contributed by atoms with Crippen LogP contribution in [0.25, 0.3) is 0 Å². The SMILES string of the molecule is CC(C)C[C@H](NC(=O)[C@@H]1N2C(=O)C[C@H]2S(=O)(=O)C1(C)C)C(=O)O. The van der Waals surface area contributed by atoms with E-state index in [0.717, 1.165) is 4.90 Å². The maximum atomic E-state index is 12.5. The van der Waals surface area contributed by atoms with Crippen LogP contribution in [0.1, 0.15) is 40.5 Å². The van der Waals surface area contributed by atoms with Crippen LogP contribution in [-0.4, -0.2) is 58.4 Å². The van der Waals surface area contributed by atoms with E-state index < -0.39 is 49.8 Å².